The molecule has 1 aliphatic rings. The second kappa shape index (κ2) is 5.11. The minimum absolute atomic E-state index is 0.0791. The van der Waals surface area contributed by atoms with E-state index in [4.69, 9.17) is 4.74 Å². The van der Waals surface area contributed by atoms with Gasteiger partial charge in [-0.25, -0.2) is 4.39 Å². The van der Waals surface area contributed by atoms with Gasteiger partial charge in [0.25, 0.3) is 0 Å². The molecule has 21 heavy (non-hydrogen) atoms. The van der Waals surface area contributed by atoms with Crippen LogP contribution >= 0.6 is 15.9 Å². The summed E-state index contributed by atoms with van der Waals surface area (Å²) in [5, 5.41) is 10.6. The third-order valence-electron chi connectivity index (χ3n) is 3.89. The minimum Gasteiger partial charge on any atom is -0.492 e. The van der Waals surface area contributed by atoms with Crippen molar-refractivity contribution in [3.63, 3.8) is 0 Å². The lowest BCUT2D eigenvalue weighted by molar-refractivity contribution is 0.219. The Hall–Kier alpha value is -1.39. The Morgan fingerprint density at radius 3 is 2.76 bits per heavy atom. The standard InChI is InChI=1S/C17H16BrFO2/c1-17(2)9-21-15-6-3-10(7-13(15)17)16(20)12-8-11(19)4-5-14(12)18/h3-8,16,20H,9H2,1-2H3. The summed E-state index contributed by atoms with van der Waals surface area (Å²) in [5.74, 6) is 0.492. The quantitative estimate of drug-likeness (QED) is 0.872. The Morgan fingerprint density at radius 2 is 2.00 bits per heavy atom. The zero-order valence-corrected chi connectivity index (χ0v) is 13.4. The van der Waals surface area contributed by atoms with Crippen LogP contribution in [0.4, 0.5) is 4.39 Å². The van der Waals surface area contributed by atoms with Crippen molar-refractivity contribution in [2.75, 3.05) is 6.61 Å². The van der Waals surface area contributed by atoms with E-state index in [-0.39, 0.29) is 11.2 Å². The summed E-state index contributed by atoms with van der Waals surface area (Å²) in [6.45, 7) is 4.84. The van der Waals surface area contributed by atoms with E-state index < -0.39 is 6.10 Å². The first-order chi connectivity index (χ1) is 9.88. The molecule has 0 saturated heterocycles. The zero-order valence-electron chi connectivity index (χ0n) is 11.9. The predicted molar refractivity (Wildman–Crippen MR) is 83.1 cm³/mol. The van der Waals surface area contributed by atoms with Crippen LogP contribution in [0.2, 0.25) is 0 Å². The number of ether oxygens (including phenoxy) is 1. The smallest absolute Gasteiger partial charge is 0.123 e. The van der Waals surface area contributed by atoms with Crippen LogP contribution < -0.4 is 4.74 Å². The van der Waals surface area contributed by atoms with Crippen LogP contribution in [0.15, 0.2) is 40.9 Å². The van der Waals surface area contributed by atoms with E-state index >= 15 is 0 Å². The molecule has 0 aliphatic carbocycles. The van der Waals surface area contributed by atoms with Crippen LogP contribution in [0.1, 0.15) is 36.6 Å². The number of halogens is 2. The van der Waals surface area contributed by atoms with Gasteiger partial charge in [-0.15, -0.1) is 0 Å². The van der Waals surface area contributed by atoms with Crippen molar-refractivity contribution in [3.05, 3.63) is 63.4 Å². The highest BCUT2D eigenvalue weighted by Crippen LogP contribution is 2.40. The van der Waals surface area contributed by atoms with Crippen LogP contribution in [0.25, 0.3) is 0 Å². The van der Waals surface area contributed by atoms with E-state index in [1.54, 1.807) is 6.07 Å². The van der Waals surface area contributed by atoms with Gasteiger partial charge in [0.1, 0.15) is 17.7 Å². The van der Waals surface area contributed by atoms with Crippen molar-refractivity contribution in [2.24, 2.45) is 0 Å². The van der Waals surface area contributed by atoms with Gasteiger partial charge in [0, 0.05) is 21.0 Å². The predicted octanol–water partition coefficient (Wildman–Crippen LogP) is 4.34. The van der Waals surface area contributed by atoms with Gasteiger partial charge in [-0.1, -0.05) is 35.8 Å². The van der Waals surface area contributed by atoms with Crippen LogP contribution in [-0.4, -0.2) is 11.7 Å². The lowest BCUT2D eigenvalue weighted by Crippen LogP contribution is -2.18. The largest absolute Gasteiger partial charge is 0.492 e. The molecule has 0 fully saturated rings. The van der Waals surface area contributed by atoms with Crippen molar-refractivity contribution in [2.45, 2.75) is 25.4 Å². The molecule has 1 atom stereocenters. The third-order valence-corrected chi connectivity index (χ3v) is 4.61. The fraction of sp³-hybridized carbons (Fsp3) is 0.294. The Kier molecular flexibility index (Phi) is 3.54. The molecule has 4 heteroatoms. The van der Waals surface area contributed by atoms with Gasteiger partial charge in [-0.05, 0) is 35.9 Å². The van der Waals surface area contributed by atoms with Gasteiger partial charge in [0.2, 0.25) is 0 Å². The van der Waals surface area contributed by atoms with E-state index in [1.807, 2.05) is 18.2 Å². The molecule has 1 aliphatic heterocycles. The van der Waals surface area contributed by atoms with Crippen LogP contribution in [-0.2, 0) is 5.41 Å². The average Bonchev–Trinajstić information content (AvgIpc) is 2.76. The molecule has 0 spiro atoms. The molecule has 1 unspecified atom stereocenters. The first kappa shape index (κ1) is 14.5. The molecule has 0 saturated carbocycles. The summed E-state index contributed by atoms with van der Waals surface area (Å²) in [6, 6.07) is 9.96. The van der Waals surface area contributed by atoms with Gasteiger partial charge < -0.3 is 9.84 Å². The van der Waals surface area contributed by atoms with E-state index in [2.05, 4.69) is 29.8 Å². The van der Waals surface area contributed by atoms with Gasteiger partial charge in [0.05, 0.1) is 6.61 Å². The first-order valence-electron chi connectivity index (χ1n) is 6.79. The van der Waals surface area contributed by atoms with Gasteiger partial charge >= 0.3 is 0 Å². The molecule has 110 valence electrons. The second-order valence-electron chi connectivity index (χ2n) is 6.00. The fourth-order valence-corrected chi connectivity index (χ4v) is 3.08. The molecule has 1 N–H and O–H groups in total. The maximum absolute atomic E-state index is 13.4. The van der Waals surface area contributed by atoms with Crippen LogP contribution in [0.3, 0.4) is 0 Å². The molecule has 0 amide bonds. The summed E-state index contributed by atoms with van der Waals surface area (Å²) in [5.41, 5.74) is 2.25. The maximum atomic E-state index is 13.4. The highest BCUT2D eigenvalue weighted by atomic mass is 79.9. The average molecular weight is 351 g/mol. The van der Waals surface area contributed by atoms with Crippen molar-refractivity contribution in [3.8, 4) is 5.75 Å². The second-order valence-corrected chi connectivity index (χ2v) is 6.85. The fourth-order valence-electron chi connectivity index (χ4n) is 2.61. The van der Waals surface area contributed by atoms with Crippen molar-refractivity contribution in [1.29, 1.82) is 0 Å². The SMILES string of the molecule is CC1(C)COc2ccc(C(O)c3cc(F)ccc3Br)cc21. The Morgan fingerprint density at radius 1 is 1.24 bits per heavy atom. The monoisotopic (exact) mass is 350 g/mol. The number of rotatable bonds is 2. The molecule has 0 bridgehead atoms. The van der Waals surface area contributed by atoms with E-state index in [9.17, 15) is 9.50 Å². The number of hydrogen-bond donors (Lipinski definition) is 1. The Balaban J connectivity index is 2.03. The van der Waals surface area contributed by atoms with E-state index in [1.165, 1.54) is 12.1 Å². The Labute approximate surface area is 131 Å². The molecule has 2 aromatic rings. The molecule has 0 aromatic heterocycles. The minimum atomic E-state index is -0.878. The highest BCUT2D eigenvalue weighted by Gasteiger charge is 2.32. The lowest BCUT2D eigenvalue weighted by Gasteiger charge is -2.18. The number of hydrogen-bond acceptors (Lipinski definition) is 2. The third kappa shape index (κ3) is 2.58. The summed E-state index contributed by atoms with van der Waals surface area (Å²) >= 11 is 3.36. The first-order valence-corrected chi connectivity index (χ1v) is 7.58. The molecule has 2 nitrogen and oxygen atoms in total. The van der Waals surface area contributed by atoms with Gasteiger partial charge in [-0.2, -0.15) is 0 Å². The number of benzene rings is 2. The van der Waals surface area contributed by atoms with Crippen molar-refractivity contribution in [1.82, 2.24) is 0 Å². The van der Waals surface area contributed by atoms with Crippen molar-refractivity contribution >= 4 is 15.9 Å². The van der Waals surface area contributed by atoms with Gasteiger partial charge in [0.15, 0.2) is 0 Å². The summed E-state index contributed by atoms with van der Waals surface area (Å²) < 4.78 is 19.7. The number of aliphatic hydroxyl groups is 1. The number of fused-ring (bicyclic) bond motifs is 1. The molecule has 3 rings (SSSR count). The molecule has 2 aromatic carbocycles. The molecule has 1 heterocycles. The summed E-state index contributed by atoms with van der Waals surface area (Å²) in [7, 11) is 0. The normalized spacial score (nSPS) is 17.2. The summed E-state index contributed by atoms with van der Waals surface area (Å²) in [4.78, 5) is 0. The lowest BCUT2D eigenvalue weighted by atomic mass is 9.85. The van der Waals surface area contributed by atoms with Crippen LogP contribution in [0.5, 0.6) is 5.75 Å². The van der Waals surface area contributed by atoms with Gasteiger partial charge in [-0.3, -0.25) is 0 Å². The van der Waals surface area contributed by atoms with E-state index in [0.717, 1.165) is 16.9 Å². The number of aliphatic hydroxyl groups excluding tert-OH is 1. The maximum Gasteiger partial charge on any atom is 0.123 e. The molecule has 0 radical (unpaired) electrons. The molecular weight excluding hydrogens is 335 g/mol. The van der Waals surface area contributed by atoms with E-state index in [0.29, 0.717) is 16.6 Å². The highest BCUT2D eigenvalue weighted by molar-refractivity contribution is 9.10. The van der Waals surface area contributed by atoms with Crippen LogP contribution in [0, 0.1) is 5.82 Å². The summed E-state index contributed by atoms with van der Waals surface area (Å²) in [6.07, 6.45) is -0.878. The zero-order chi connectivity index (χ0) is 15.2. The van der Waals surface area contributed by atoms with Crippen molar-refractivity contribution < 1.29 is 14.2 Å². The topological polar surface area (TPSA) is 29.5 Å². The Bertz CT molecular complexity index is 697. The molecular formula is C17H16BrFO2.